The lowest BCUT2D eigenvalue weighted by molar-refractivity contribution is -0.131. The Hall–Kier alpha value is -2.01. The van der Waals surface area contributed by atoms with Crippen LogP contribution in [0.3, 0.4) is 0 Å². The summed E-state index contributed by atoms with van der Waals surface area (Å²) in [6.07, 6.45) is 5.89. The van der Waals surface area contributed by atoms with E-state index >= 15 is 0 Å². The van der Waals surface area contributed by atoms with Crippen molar-refractivity contribution in [1.82, 2.24) is 4.57 Å². The second-order valence-corrected chi connectivity index (χ2v) is 4.96. The Labute approximate surface area is 114 Å². The number of nitrogens with zero attached hydrogens (tertiary/aromatic N) is 1. The molecule has 0 fully saturated rings. The van der Waals surface area contributed by atoms with Gasteiger partial charge in [0, 0.05) is 35.2 Å². The molecule has 0 unspecified atom stereocenters. The molecule has 2 rings (SSSR count). The first-order valence-electron chi connectivity index (χ1n) is 5.61. The van der Waals surface area contributed by atoms with Crippen molar-refractivity contribution in [2.24, 2.45) is 7.05 Å². The summed E-state index contributed by atoms with van der Waals surface area (Å²) < 4.78 is 1.82. The third kappa shape index (κ3) is 2.71. The van der Waals surface area contributed by atoms with Crippen molar-refractivity contribution in [2.75, 3.05) is 6.26 Å². The van der Waals surface area contributed by atoms with E-state index in [0.29, 0.717) is 10.9 Å². The zero-order chi connectivity index (χ0) is 14.0. The molecule has 1 aromatic heterocycles. The highest BCUT2D eigenvalue weighted by Gasteiger charge is 2.06. The maximum atomic E-state index is 12.3. The van der Waals surface area contributed by atoms with Crippen molar-refractivity contribution in [3.05, 3.63) is 46.3 Å². The van der Waals surface area contributed by atoms with Crippen LogP contribution in [0.25, 0.3) is 17.0 Å². The van der Waals surface area contributed by atoms with Gasteiger partial charge in [-0.25, -0.2) is 4.79 Å². The molecule has 2 aromatic rings. The number of pyridine rings is 1. The van der Waals surface area contributed by atoms with E-state index in [4.69, 9.17) is 5.11 Å². The lowest BCUT2D eigenvalue weighted by Crippen LogP contribution is -2.10. The minimum absolute atomic E-state index is 0.151. The van der Waals surface area contributed by atoms with Crippen LogP contribution in [0, 0.1) is 0 Å². The second-order valence-electron chi connectivity index (χ2n) is 4.08. The fraction of sp³-hybridized carbons (Fsp3) is 0.143. The molecule has 1 heterocycles. The van der Waals surface area contributed by atoms with E-state index in [1.165, 1.54) is 6.08 Å². The van der Waals surface area contributed by atoms with Gasteiger partial charge in [0.2, 0.25) is 0 Å². The lowest BCUT2D eigenvalue weighted by atomic mass is 10.1. The van der Waals surface area contributed by atoms with Gasteiger partial charge in [0.05, 0.1) is 5.52 Å². The SMILES string of the molecule is CSc1ccc2c(c1)c(=O)c(C=CC(=O)O)cn2C. The number of carboxylic acids is 1. The molecule has 0 saturated carbocycles. The van der Waals surface area contributed by atoms with Crippen molar-refractivity contribution < 1.29 is 9.90 Å². The van der Waals surface area contributed by atoms with Crippen LogP contribution in [-0.2, 0) is 11.8 Å². The molecule has 0 aliphatic heterocycles. The monoisotopic (exact) mass is 275 g/mol. The number of aromatic nitrogens is 1. The minimum atomic E-state index is -1.07. The van der Waals surface area contributed by atoms with Crippen molar-refractivity contribution in [2.45, 2.75) is 4.90 Å². The third-order valence-electron chi connectivity index (χ3n) is 2.83. The molecule has 98 valence electrons. The van der Waals surface area contributed by atoms with Crippen molar-refractivity contribution in [3.8, 4) is 0 Å². The fourth-order valence-corrected chi connectivity index (χ4v) is 2.34. The first kappa shape index (κ1) is 13.4. The quantitative estimate of drug-likeness (QED) is 0.690. The topological polar surface area (TPSA) is 59.3 Å². The number of thioether (sulfide) groups is 1. The summed E-state index contributed by atoms with van der Waals surface area (Å²) in [5, 5.41) is 9.23. The Morgan fingerprint density at radius 3 is 2.79 bits per heavy atom. The van der Waals surface area contributed by atoms with Gasteiger partial charge in [0.1, 0.15) is 0 Å². The first-order valence-corrected chi connectivity index (χ1v) is 6.84. The van der Waals surface area contributed by atoms with Crippen LogP contribution in [0.5, 0.6) is 0 Å². The normalized spacial score (nSPS) is 11.3. The minimum Gasteiger partial charge on any atom is -0.478 e. The van der Waals surface area contributed by atoms with Gasteiger partial charge in [-0.3, -0.25) is 4.79 Å². The molecule has 1 N–H and O–H groups in total. The number of carbonyl (C=O) groups is 1. The smallest absolute Gasteiger partial charge is 0.328 e. The number of benzene rings is 1. The first-order chi connectivity index (χ1) is 9.02. The molecular formula is C14H13NO3S. The summed E-state index contributed by atoms with van der Waals surface area (Å²) in [7, 11) is 1.83. The number of aliphatic carboxylic acids is 1. The Kier molecular flexibility index (Phi) is 3.76. The Balaban J connectivity index is 2.72. The van der Waals surface area contributed by atoms with Gasteiger partial charge < -0.3 is 9.67 Å². The number of hydrogen-bond donors (Lipinski definition) is 1. The lowest BCUT2D eigenvalue weighted by Gasteiger charge is -2.08. The number of carboxylic acid groups (broad SMARTS) is 1. The van der Waals surface area contributed by atoms with Crippen LogP contribution in [0.2, 0.25) is 0 Å². The second kappa shape index (κ2) is 5.32. The summed E-state index contributed by atoms with van der Waals surface area (Å²) in [5.74, 6) is -1.07. The Morgan fingerprint density at radius 1 is 1.42 bits per heavy atom. The zero-order valence-corrected chi connectivity index (χ0v) is 11.4. The van der Waals surface area contributed by atoms with Gasteiger partial charge in [0.25, 0.3) is 0 Å². The van der Waals surface area contributed by atoms with Crippen molar-refractivity contribution >= 4 is 34.7 Å². The van der Waals surface area contributed by atoms with Gasteiger partial charge in [-0.15, -0.1) is 11.8 Å². The molecule has 5 heteroatoms. The highest BCUT2D eigenvalue weighted by atomic mass is 32.2. The van der Waals surface area contributed by atoms with Gasteiger partial charge in [-0.1, -0.05) is 0 Å². The van der Waals surface area contributed by atoms with Crippen LogP contribution in [0.4, 0.5) is 0 Å². The molecular weight excluding hydrogens is 262 g/mol. The number of fused-ring (bicyclic) bond motifs is 1. The average Bonchev–Trinajstić information content (AvgIpc) is 2.40. The van der Waals surface area contributed by atoms with Crippen molar-refractivity contribution in [1.29, 1.82) is 0 Å². The van der Waals surface area contributed by atoms with E-state index in [-0.39, 0.29) is 5.43 Å². The van der Waals surface area contributed by atoms with E-state index in [9.17, 15) is 9.59 Å². The predicted octanol–water partition coefficient (Wildman–Crippen LogP) is 2.36. The maximum Gasteiger partial charge on any atom is 0.328 e. The standard InChI is InChI=1S/C14H13NO3S/c1-15-8-9(3-6-13(16)17)14(18)11-7-10(19-2)4-5-12(11)15/h3-8H,1-2H3,(H,16,17). The Bertz CT molecular complexity index is 731. The largest absolute Gasteiger partial charge is 0.478 e. The molecule has 1 aromatic carbocycles. The molecule has 19 heavy (non-hydrogen) atoms. The van der Waals surface area contributed by atoms with Crippen LogP contribution in [0.15, 0.2) is 40.2 Å². The van der Waals surface area contributed by atoms with Gasteiger partial charge in [-0.05, 0) is 30.5 Å². The van der Waals surface area contributed by atoms with E-state index in [0.717, 1.165) is 16.5 Å². The number of hydrogen-bond acceptors (Lipinski definition) is 3. The Morgan fingerprint density at radius 2 is 2.16 bits per heavy atom. The van der Waals surface area contributed by atoms with E-state index in [1.807, 2.05) is 36.1 Å². The average molecular weight is 275 g/mol. The number of rotatable bonds is 3. The van der Waals surface area contributed by atoms with Crippen LogP contribution < -0.4 is 5.43 Å². The van der Waals surface area contributed by atoms with E-state index in [2.05, 4.69) is 0 Å². The predicted molar refractivity (Wildman–Crippen MR) is 77.6 cm³/mol. The van der Waals surface area contributed by atoms with Crippen molar-refractivity contribution in [3.63, 3.8) is 0 Å². The molecule has 0 atom stereocenters. The molecule has 4 nitrogen and oxygen atoms in total. The molecule has 0 radical (unpaired) electrons. The molecule has 0 amide bonds. The van der Waals surface area contributed by atoms with Gasteiger partial charge >= 0.3 is 5.97 Å². The molecule has 0 bridgehead atoms. The summed E-state index contributed by atoms with van der Waals surface area (Å²) in [6.45, 7) is 0. The van der Waals surface area contributed by atoms with E-state index in [1.54, 1.807) is 18.0 Å². The molecule has 0 aliphatic rings. The van der Waals surface area contributed by atoms with Crippen LogP contribution in [0.1, 0.15) is 5.56 Å². The summed E-state index contributed by atoms with van der Waals surface area (Å²) in [6, 6.07) is 5.69. The third-order valence-corrected chi connectivity index (χ3v) is 3.55. The molecule has 0 saturated heterocycles. The summed E-state index contributed by atoms with van der Waals surface area (Å²) in [4.78, 5) is 23.8. The van der Waals surface area contributed by atoms with Gasteiger partial charge in [0.15, 0.2) is 5.43 Å². The highest BCUT2D eigenvalue weighted by Crippen LogP contribution is 2.20. The summed E-state index contributed by atoms with van der Waals surface area (Å²) in [5.41, 5.74) is 1.05. The molecule has 0 spiro atoms. The summed E-state index contributed by atoms with van der Waals surface area (Å²) >= 11 is 1.56. The molecule has 0 aliphatic carbocycles. The maximum absolute atomic E-state index is 12.3. The van der Waals surface area contributed by atoms with E-state index < -0.39 is 5.97 Å². The fourth-order valence-electron chi connectivity index (χ4n) is 1.90. The number of aryl methyl sites for hydroxylation is 1. The zero-order valence-electron chi connectivity index (χ0n) is 10.6. The van der Waals surface area contributed by atoms with Crippen LogP contribution >= 0.6 is 11.8 Å². The van der Waals surface area contributed by atoms with Gasteiger partial charge in [-0.2, -0.15) is 0 Å². The highest BCUT2D eigenvalue weighted by molar-refractivity contribution is 7.98. The van der Waals surface area contributed by atoms with Crippen LogP contribution in [-0.4, -0.2) is 21.9 Å².